The normalized spacial score (nSPS) is 10.1. The average Bonchev–Trinajstić information content (AvgIpc) is 2.26. The van der Waals surface area contributed by atoms with Gasteiger partial charge < -0.3 is 5.32 Å². The van der Waals surface area contributed by atoms with Crippen LogP contribution in [0.15, 0.2) is 39.8 Å². The van der Waals surface area contributed by atoms with Crippen LogP contribution in [0.25, 0.3) is 0 Å². The van der Waals surface area contributed by atoms with Gasteiger partial charge in [-0.1, -0.05) is 18.6 Å². The Morgan fingerprint density at radius 2 is 1.81 bits per heavy atom. The molecule has 0 amide bonds. The van der Waals surface area contributed by atoms with Crippen LogP contribution in [0, 0.1) is 0 Å². The molecule has 0 atom stereocenters. The Balaban J connectivity index is 2.29. The number of rotatable bonds is 7. The summed E-state index contributed by atoms with van der Waals surface area (Å²) in [5.41, 5.74) is 1.14. The highest BCUT2D eigenvalue weighted by Crippen LogP contribution is 2.30. The molecule has 0 aromatic heterocycles. The molecular weight excluding hydrogens is 330 g/mol. The molecule has 1 aromatic rings. The lowest BCUT2D eigenvalue weighted by Crippen LogP contribution is -2.02. The van der Waals surface area contributed by atoms with E-state index >= 15 is 0 Å². The van der Waals surface area contributed by atoms with Crippen molar-refractivity contribution in [3.63, 3.8) is 0 Å². The molecule has 0 unspecified atom stereocenters. The van der Waals surface area contributed by atoms with Crippen molar-refractivity contribution in [3.8, 4) is 0 Å². The largest absolute Gasteiger partial charge is 0.383 e. The third-order valence-electron chi connectivity index (χ3n) is 2.35. The Bertz CT molecular complexity index is 316. The van der Waals surface area contributed by atoms with Crippen molar-refractivity contribution in [2.45, 2.75) is 25.7 Å². The zero-order chi connectivity index (χ0) is 11.8. The molecule has 0 spiro atoms. The highest BCUT2D eigenvalue weighted by Gasteiger charge is 2.02. The van der Waals surface area contributed by atoms with E-state index in [9.17, 15) is 0 Å². The zero-order valence-corrected chi connectivity index (χ0v) is 12.5. The molecule has 0 heterocycles. The van der Waals surface area contributed by atoms with Crippen molar-refractivity contribution in [2.24, 2.45) is 0 Å². The number of unbranched alkanes of at least 4 members (excludes halogenated alkanes) is 3. The van der Waals surface area contributed by atoms with Gasteiger partial charge in [-0.05, 0) is 63.3 Å². The molecule has 0 bridgehead atoms. The lowest BCUT2D eigenvalue weighted by molar-refractivity contribution is 0.708. The van der Waals surface area contributed by atoms with Gasteiger partial charge in [0, 0.05) is 15.5 Å². The third kappa shape index (κ3) is 4.71. The topological polar surface area (TPSA) is 12.0 Å². The molecule has 16 heavy (non-hydrogen) atoms. The van der Waals surface area contributed by atoms with E-state index in [0.717, 1.165) is 27.6 Å². The van der Waals surface area contributed by atoms with Gasteiger partial charge in [-0.15, -0.1) is 6.58 Å². The number of allylic oxidation sites excluding steroid dienone is 1. The summed E-state index contributed by atoms with van der Waals surface area (Å²) in [6.07, 6.45) is 6.79. The lowest BCUT2D eigenvalue weighted by Gasteiger charge is -2.10. The highest BCUT2D eigenvalue weighted by molar-refractivity contribution is 9.11. The van der Waals surface area contributed by atoms with Crippen LogP contribution in [-0.2, 0) is 0 Å². The monoisotopic (exact) mass is 345 g/mol. The average molecular weight is 347 g/mol. The van der Waals surface area contributed by atoms with Gasteiger partial charge in [0.2, 0.25) is 0 Å². The molecule has 0 saturated carbocycles. The Morgan fingerprint density at radius 1 is 1.12 bits per heavy atom. The lowest BCUT2D eigenvalue weighted by atomic mass is 10.2. The first kappa shape index (κ1) is 13.8. The Kier molecular flexibility index (Phi) is 6.81. The Hall–Kier alpha value is -0.280. The van der Waals surface area contributed by atoms with Crippen LogP contribution >= 0.6 is 31.9 Å². The molecule has 1 aromatic carbocycles. The molecule has 1 rings (SSSR count). The number of anilines is 1. The van der Waals surface area contributed by atoms with Gasteiger partial charge in [-0.25, -0.2) is 0 Å². The molecule has 88 valence electrons. The maximum atomic E-state index is 3.72. The second-order valence-electron chi connectivity index (χ2n) is 3.66. The summed E-state index contributed by atoms with van der Waals surface area (Å²) in [6, 6.07) is 6.11. The van der Waals surface area contributed by atoms with Crippen molar-refractivity contribution in [2.75, 3.05) is 11.9 Å². The van der Waals surface area contributed by atoms with Gasteiger partial charge in [0.05, 0.1) is 5.69 Å². The summed E-state index contributed by atoms with van der Waals surface area (Å²) in [5, 5.41) is 3.44. The van der Waals surface area contributed by atoms with E-state index in [0.29, 0.717) is 0 Å². The van der Waals surface area contributed by atoms with Crippen LogP contribution < -0.4 is 5.32 Å². The molecular formula is C13H17Br2N. The SMILES string of the molecule is C=CCCCCCNc1c(Br)cccc1Br. The van der Waals surface area contributed by atoms with Gasteiger partial charge in [-0.3, -0.25) is 0 Å². The van der Waals surface area contributed by atoms with Crippen LogP contribution in [0.5, 0.6) is 0 Å². The van der Waals surface area contributed by atoms with Gasteiger partial charge >= 0.3 is 0 Å². The maximum absolute atomic E-state index is 3.72. The van der Waals surface area contributed by atoms with Gasteiger partial charge in [0.15, 0.2) is 0 Å². The van der Waals surface area contributed by atoms with Gasteiger partial charge in [0.1, 0.15) is 0 Å². The molecule has 0 saturated heterocycles. The van der Waals surface area contributed by atoms with Crippen molar-refractivity contribution in [1.29, 1.82) is 0 Å². The summed E-state index contributed by atoms with van der Waals surface area (Å²) < 4.78 is 2.21. The summed E-state index contributed by atoms with van der Waals surface area (Å²) >= 11 is 7.07. The number of benzene rings is 1. The fourth-order valence-corrected chi connectivity index (χ4v) is 2.75. The van der Waals surface area contributed by atoms with Crippen LogP contribution in [0.1, 0.15) is 25.7 Å². The fourth-order valence-electron chi connectivity index (χ4n) is 1.47. The highest BCUT2D eigenvalue weighted by atomic mass is 79.9. The summed E-state index contributed by atoms with van der Waals surface area (Å²) in [5.74, 6) is 0. The van der Waals surface area contributed by atoms with Crippen LogP contribution in [0.4, 0.5) is 5.69 Å². The maximum Gasteiger partial charge on any atom is 0.0628 e. The molecule has 0 radical (unpaired) electrons. The predicted molar refractivity (Wildman–Crippen MR) is 79.0 cm³/mol. The summed E-state index contributed by atoms with van der Waals surface area (Å²) in [7, 11) is 0. The number of hydrogen-bond donors (Lipinski definition) is 1. The summed E-state index contributed by atoms with van der Waals surface area (Å²) in [6.45, 7) is 4.73. The molecule has 1 nitrogen and oxygen atoms in total. The molecule has 1 N–H and O–H groups in total. The summed E-state index contributed by atoms with van der Waals surface area (Å²) in [4.78, 5) is 0. The van der Waals surface area contributed by atoms with E-state index in [4.69, 9.17) is 0 Å². The van der Waals surface area contributed by atoms with E-state index in [1.165, 1.54) is 19.3 Å². The van der Waals surface area contributed by atoms with Gasteiger partial charge in [0.25, 0.3) is 0 Å². The number of para-hydroxylation sites is 1. The van der Waals surface area contributed by atoms with Crippen molar-refractivity contribution in [1.82, 2.24) is 0 Å². The van der Waals surface area contributed by atoms with Crippen LogP contribution in [0.2, 0.25) is 0 Å². The third-order valence-corrected chi connectivity index (χ3v) is 3.67. The van der Waals surface area contributed by atoms with Crippen molar-refractivity contribution < 1.29 is 0 Å². The Labute approximate surface area is 115 Å². The first-order valence-electron chi connectivity index (χ1n) is 5.54. The predicted octanol–water partition coefficient (Wildman–Crippen LogP) is 5.37. The van der Waals surface area contributed by atoms with E-state index in [1.54, 1.807) is 0 Å². The van der Waals surface area contributed by atoms with Crippen LogP contribution in [-0.4, -0.2) is 6.54 Å². The van der Waals surface area contributed by atoms with Gasteiger partial charge in [-0.2, -0.15) is 0 Å². The smallest absolute Gasteiger partial charge is 0.0628 e. The fraction of sp³-hybridized carbons (Fsp3) is 0.385. The second kappa shape index (κ2) is 7.91. The van der Waals surface area contributed by atoms with E-state index in [1.807, 2.05) is 24.3 Å². The quantitative estimate of drug-likeness (QED) is 0.517. The number of nitrogens with one attached hydrogen (secondary N) is 1. The number of hydrogen-bond acceptors (Lipinski definition) is 1. The molecule has 0 aliphatic carbocycles. The Morgan fingerprint density at radius 3 is 2.44 bits per heavy atom. The van der Waals surface area contributed by atoms with Crippen LogP contribution in [0.3, 0.4) is 0 Å². The minimum absolute atomic E-state index is 1.01. The minimum atomic E-state index is 1.01. The molecule has 0 aliphatic rings. The van der Waals surface area contributed by atoms with Crippen molar-refractivity contribution >= 4 is 37.5 Å². The second-order valence-corrected chi connectivity index (χ2v) is 5.37. The zero-order valence-electron chi connectivity index (χ0n) is 9.31. The van der Waals surface area contributed by atoms with E-state index in [2.05, 4.69) is 43.8 Å². The van der Waals surface area contributed by atoms with E-state index in [-0.39, 0.29) is 0 Å². The molecule has 3 heteroatoms. The first-order chi connectivity index (χ1) is 7.75. The molecule has 0 aliphatic heterocycles. The first-order valence-corrected chi connectivity index (χ1v) is 7.13. The van der Waals surface area contributed by atoms with Crippen molar-refractivity contribution in [3.05, 3.63) is 39.8 Å². The van der Waals surface area contributed by atoms with E-state index < -0.39 is 0 Å². The standard InChI is InChI=1S/C13H17Br2N/c1-2-3-4-5-6-10-16-13-11(14)8-7-9-12(13)15/h2,7-9,16H,1,3-6,10H2. The molecule has 0 fully saturated rings. The number of halogens is 2. The minimum Gasteiger partial charge on any atom is -0.383 e.